The molecular weight excluding hydrogens is 328 g/mol. The third-order valence-corrected chi connectivity index (χ3v) is 4.18. The van der Waals surface area contributed by atoms with E-state index in [4.69, 9.17) is 0 Å². The van der Waals surface area contributed by atoms with Crippen molar-refractivity contribution in [3.05, 3.63) is 59.9 Å². The van der Waals surface area contributed by atoms with Gasteiger partial charge in [-0.1, -0.05) is 12.1 Å². The highest BCUT2D eigenvalue weighted by atomic mass is 16.2. The van der Waals surface area contributed by atoms with Crippen LogP contribution in [-0.4, -0.2) is 29.5 Å². The number of amides is 3. The highest BCUT2D eigenvalue weighted by molar-refractivity contribution is 5.89. The summed E-state index contributed by atoms with van der Waals surface area (Å²) in [6.07, 6.45) is 7.66. The molecule has 6 nitrogen and oxygen atoms in total. The molecule has 3 amide bonds. The lowest BCUT2D eigenvalue weighted by Crippen LogP contribution is -2.31. The maximum absolute atomic E-state index is 11.9. The first-order valence-electron chi connectivity index (χ1n) is 9.01. The Balaban J connectivity index is 1.35. The standard InChI is InChI=1S/C20H24N4O2/c25-19(23-17-7-8-17)2-1-11-22-20(26)24-18-5-3-15(4-6-18)14-16-9-12-21-13-10-16/h3-6,9-10,12-13,17H,1-2,7-8,11,14H2,(H,23,25)(H2,22,24,26). The molecule has 1 heterocycles. The van der Waals surface area contributed by atoms with Gasteiger partial charge in [-0.15, -0.1) is 0 Å². The van der Waals surface area contributed by atoms with Crippen molar-refractivity contribution in [2.24, 2.45) is 0 Å². The predicted molar refractivity (Wildman–Crippen MR) is 101 cm³/mol. The van der Waals surface area contributed by atoms with Gasteiger partial charge in [-0.05, 0) is 61.1 Å². The summed E-state index contributed by atoms with van der Waals surface area (Å²) in [5.41, 5.74) is 3.11. The van der Waals surface area contributed by atoms with Crippen molar-refractivity contribution in [1.29, 1.82) is 0 Å². The van der Waals surface area contributed by atoms with Crippen molar-refractivity contribution in [3.63, 3.8) is 0 Å². The minimum Gasteiger partial charge on any atom is -0.353 e. The van der Waals surface area contributed by atoms with Gasteiger partial charge in [0.15, 0.2) is 0 Å². The van der Waals surface area contributed by atoms with Gasteiger partial charge >= 0.3 is 6.03 Å². The highest BCUT2D eigenvalue weighted by Gasteiger charge is 2.22. The average molecular weight is 352 g/mol. The Morgan fingerprint density at radius 3 is 2.38 bits per heavy atom. The zero-order valence-electron chi connectivity index (χ0n) is 14.7. The molecule has 26 heavy (non-hydrogen) atoms. The summed E-state index contributed by atoms with van der Waals surface area (Å²) in [4.78, 5) is 27.5. The van der Waals surface area contributed by atoms with E-state index in [0.29, 0.717) is 25.4 Å². The Kier molecular flexibility index (Phi) is 6.19. The van der Waals surface area contributed by atoms with E-state index in [1.54, 1.807) is 12.4 Å². The normalized spacial score (nSPS) is 13.1. The fourth-order valence-corrected chi connectivity index (χ4v) is 2.60. The van der Waals surface area contributed by atoms with Gasteiger partial charge in [0, 0.05) is 37.1 Å². The Morgan fingerprint density at radius 1 is 1.00 bits per heavy atom. The van der Waals surface area contributed by atoms with Gasteiger partial charge < -0.3 is 16.0 Å². The van der Waals surface area contributed by atoms with Crippen LogP contribution in [-0.2, 0) is 11.2 Å². The topological polar surface area (TPSA) is 83.1 Å². The first kappa shape index (κ1) is 17.9. The van der Waals surface area contributed by atoms with Crippen LogP contribution in [0.15, 0.2) is 48.8 Å². The van der Waals surface area contributed by atoms with E-state index >= 15 is 0 Å². The van der Waals surface area contributed by atoms with Crippen molar-refractivity contribution >= 4 is 17.6 Å². The molecule has 1 aromatic carbocycles. The second-order valence-electron chi connectivity index (χ2n) is 6.56. The van der Waals surface area contributed by atoms with E-state index in [2.05, 4.69) is 20.9 Å². The van der Waals surface area contributed by atoms with Crippen molar-refractivity contribution in [2.45, 2.75) is 38.1 Å². The van der Waals surface area contributed by atoms with Crippen LogP contribution >= 0.6 is 0 Å². The van der Waals surface area contributed by atoms with Gasteiger partial charge in [-0.25, -0.2) is 4.79 Å². The molecule has 1 aromatic heterocycles. The summed E-state index contributed by atoms with van der Waals surface area (Å²) in [7, 11) is 0. The molecule has 0 spiro atoms. The molecule has 0 unspecified atom stereocenters. The van der Waals surface area contributed by atoms with Gasteiger partial charge in [0.25, 0.3) is 0 Å². The van der Waals surface area contributed by atoms with Crippen LogP contribution < -0.4 is 16.0 Å². The van der Waals surface area contributed by atoms with E-state index in [9.17, 15) is 9.59 Å². The molecule has 0 radical (unpaired) electrons. The van der Waals surface area contributed by atoms with Crippen molar-refractivity contribution < 1.29 is 9.59 Å². The van der Waals surface area contributed by atoms with Crippen LogP contribution in [0, 0.1) is 0 Å². The Labute approximate surface area is 153 Å². The predicted octanol–water partition coefficient (Wildman–Crippen LogP) is 2.85. The number of carbonyl (C=O) groups is 2. The van der Waals surface area contributed by atoms with Crippen molar-refractivity contribution in [1.82, 2.24) is 15.6 Å². The molecule has 0 atom stereocenters. The van der Waals surface area contributed by atoms with Gasteiger partial charge in [0.2, 0.25) is 5.91 Å². The maximum atomic E-state index is 11.9. The van der Waals surface area contributed by atoms with Crippen molar-refractivity contribution in [2.75, 3.05) is 11.9 Å². The van der Waals surface area contributed by atoms with E-state index in [1.807, 2.05) is 36.4 Å². The van der Waals surface area contributed by atoms with Crippen molar-refractivity contribution in [3.8, 4) is 0 Å². The molecule has 0 bridgehead atoms. The summed E-state index contributed by atoms with van der Waals surface area (Å²) in [6.45, 7) is 0.476. The monoisotopic (exact) mass is 352 g/mol. The molecule has 6 heteroatoms. The third-order valence-electron chi connectivity index (χ3n) is 4.18. The largest absolute Gasteiger partial charge is 0.353 e. The second-order valence-corrected chi connectivity index (χ2v) is 6.56. The zero-order chi connectivity index (χ0) is 18.2. The summed E-state index contributed by atoms with van der Waals surface area (Å²) in [6, 6.07) is 11.9. The number of rotatable bonds is 8. The molecular formula is C20H24N4O2. The molecule has 1 saturated carbocycles. The fraction of sp³-hybridized carbons (Fsp3) is 0.350. The number of aromatic nitrogens is 1. The molecule has 0 aliphatic heterocycles. The second kappa shape index (κ2) is 8.99. The number of pyridine rings is 1. The Morgan fingerprint density at radius 2 is 1.69 bits per heavy atom. The highest BCUT2D eigenvalue weighted by Crippen LogP contribution is 2.18. The Hall–Kier alpha value is -2.89. The van der Waals surface area contributed by atoms with Crippen LogP contribution in [0.5, 0.6) is 0 Å². The molecule has 3 N–H and O–H groups in total. The minimum atomic E-state index is -0.255. The number of carbonyl (C=O) groups excluding carboxylic acids is 2. The molecule has 1 aliphatic carbocycles. The lowest BCUT2D eigenvalue weighted by Gasteiger charge is -2.09. The van der Waals surface area contributed by atoms with Crippen LogP contribution in [0.4, 0.5) is 10.5 Å². The zero-order valence-corrected chi connectivity index (χ0v) is 14.7. The van der Waals surface area contributed by atoms with E-state index in [-0.39, 0.29) is 11.9 Å². The van der Waals surface area contributed by atoms with Gasteiger partial charge in [-0.2, -0.15) is 0 Å². The first-order chi connectivity index (χ1) is 12.7. The average Bonchev–Trinajstić information content (AvgIpc) is 3.45. The minimum absolute atomic E-state index is 0.0690. The third kappa shape index (κ3) is 6.20. The molecule has 0 saturated heterocycles. The molecule has 136 valence electrons. The van der Waals surface area contributed by atoms with Crippen LogP contribution in [0.3, 0.4) is 0 Å². The van der Waals surface area contributed by atoms with Crippen LogP contribution in [0.2, 0.25) is 0 Å². The first-order valence-corrected chi connectivity index (χ1v) is 9.01. The van der Waals surface area contributed by atoms with Gasteiger partial charge in [0.1, 0.15) is 0 Å². The summed E-state index contributed by atoms with van der Waals surface area (Å²) >= 11 is 0. The quantitative estimate of drug-likeness (QED) is 0.639. The number of nitrogens with one attached hydrogen (secondary N) is 3. The van der Waals surface area contributed by atoms with Gasteiger partial charge in [0.05, 0.1) is 0 Å². The number of hydrogen-bond acceptors (Lipinski definition) is 3. The fourth-order valence-electron chi connectivity index (χ4n) is 2.60. The lowest BCUT2D eigenvalue weighted by atomic mass is 10.1. The van der Waals surface area contributed by atoms with E-state index < -0.39 is 0 Å². The van der Waals surface area contributed by atoms with E-state index in [1.165, 1.54) is 11.1 Å². The number of urea groups is 1. The number of nitrogens with zero attached hydrogens (tertiary/aromatic N) is 1. The van der Waals surface area contributed by atoms with Crippen LogP contribution in [0.25, 0.3) is 0 Å². The van der Waals surface area contributed by atoms with E-state index in [0.717, 1.165) is 24.9 Å². The number of benzene rings is 1. The lowest BCUT2D eigenvalue weighted by molar-refractivity contribution is -0.121. The smallest absolute Gasteiger partial charge is 0.319 e. The molecule has 1 aliphatic rings. The SMILES string of the molecule is O=C(CCCNC(=O)Nc1ccc(Cc2ccncc2)cc1)NC1CC1. The molecule has 1 fully saturated rings. The number of hydrogen-bond donors (Lipinski definition) is 3. The summed E-state index contributed by atoms with van der Waals surface area (Å²) < 4.78 is 0. The number of anilines is 1. The Bertz CT molecular complexity index is 727. The summed E-state index contributed by atoms with van der Waals surface area (Å²) in [5.74, 6) is 0.0690. The van der Waals surface area contributed by atoms with Crippen LogP contribution in [0.1, 0.15) is 36.8 Å². The maximum Gasteiger partial charge on any atom is 0.319 e. The summed E-state index contributed by atoms with van der Waals surface area (Å²) in [5, 5.41) is 8.51. The molecule has 3 rings (SSSR count). The van der Waals surface area contributed by atoms with Gasteiger partial charge in [-0.3, -0.25) is 9.78 Å². The molecule has 2 aromatic rings.